The molecular formula is C55H34N4S. The summed E-state index contributed by atoms with van der Waals surface area (Å²) in [6.45, 7) is 0. The van der Waals surface area contributed by atoms with Crippen molar-refractivity contribution in [3.63, 3.8) is 0 Å². The third-order valence-corrected chi connectivity index (χ3v) is 12.8. The molecule has 0 saturated carbocycles. The van der Waals surface area contributed by atoms with E-state index in [-0.39, 0.29) is 0 Å². The van der Waals surface area contributed by atoms with Crippen molar-refractivity contribution in [3.8, 4) is 62.1 Å². The molecule has 5 heteroatoms. The number of rotatable bonds is 6. The Balaban J connectivity index is 1.06. The molecule has 4 nitrogen and oxygen atoms in total. The Labute approximate surface area is 350 Å². The standard InChI is InChI=1S/C55H34N4S/c1-2-14-36(15-3-1)53-56-54(41-18-12-17-38(32-41)39-28-30-52-47(33-39)46-21-8-11-24-51(46)60-52)58-55(57-53)42-27-29-43(40-26-25-35-13-4-5-16-37(35)31-40)50(34-42)59-48-22-9-6-19-44(48)45-20-7-10-23-49(45)59/h1-34H. The van der Waals surface area contributed by atoms with Gasteiger partial charge in [-0.3, -0.25) is 0 Å². The highest BCUT2D eigenvalue weighted by molar-refractivity contribution is 7.25. The molecule has 0 aliphatic rings. The molecule has 0 saturated heterocycles. The molecule has 0 amide bonds. The lowest BCUT2D eigenvalue weighted by molar-refractivity contribution is 1.07. The minimum absolute atomic E-state index is 0.613. The first-order valence-corrected chi connectivity index (χ1v) is 21.0. The monoisotopic (exact) mass is 782 g/mol. The summed E-state index contributed by atoms with van der Waals surface area (Å²) in [5.74, 6) is 1.87. The summed E-state index contributed by atoms with van der Waals surface area (Å²) < 4.78 is 4.99. The van der Waals surface area contributed by atoms with Gasteiger partial charge in [0.15, 0.2) is 17.5 Å². The third-order valence-electron chi connectivity index (χ3n) is 11.6. The maximum atomic E-state index is 5.28. The lowest BCUT2D eigenvalue weighted by Gasteiger charge is -2.17. The van der Waals surface area contributed by atoms with E-state index in [9.17, 15) is 0 Å². The summed E-state index contributed by atoms with van der Waals surface area (Å²) in [5, 5.41) is 7.40. The number of aromatic nitrogens is 4. The fourth-order valence-electron chi connectivity index (χ4n) is 8.73. The fraction of sp³-hybridized carbons (Fsp3) is 0. The molecule has 60 heavy (non-hydrogen) atoms. The normalized spacial score (nSPS) is 11.7. The van der Waals surface area contributed by atoms with Crippen LogP contribution in [0.25, 0.3) is 115 Å². The number of para-hydroxylation sites is 2. The average molecular weight is 783 g/mol. The highest BCUT2D eigenvalue weighted by atomic mass is 32.1. The zero-order valence-electron chi connectivity index (χ0n) is 32.3. The van der Waals surface area contributed by atoms with Gasteiger partial charge in [-0.25, -0.2) is 15.0 Å². The Bertz CT molecular complexity index is 3570. The van der Waals surface area contributed by atoms with Crippen molar-refractivity contribution in [2.24, 2.45) is 0 Å². The van der Waals surface area contributed by atoms with Gasteiger partial charge in [0.1, 0.15) is 0 Å². The molecule has 0 atom stereocenters. The first-order chi connectivity index (χ1) is 29.7. The van der Waals surface area contributed by atoms with Gasteiger partial charge in [0.25, 0.3) is 0 Å². The zero-order valence-corrected chi connectivity index (χ0v) is 33.1. The van der Waals surface area contributed by atoms with Crippen LogP contribution in [0.15, 0.2) is 206 Å². The number of fused-ring (bicyclic) bond motifs is 7. The smallest absolute Gasteiger partial charge is 0.164 e. The molecular weight excluding hydrogens is 749 g/mol. The van der Waals surface area contributed by atoms with Crippen LogP contribution in [-0.4, -0.2) is 19.5 Å². The lowest BCUT2D eigenvalue weighted by Crippen LogP contribution is -2.02. The minimum Gasteiger partial charge on any atom is -0.309 e. The van der Waals surface area contributed by atoms with Crippen LogP contribution < -0.4 is 0 Å². The number of benzene rings is 9. The van der Waals surface area contributed by atoms with E-state index < -0.39 is 0 Å². The molecule has 3 aromatic heterocycles. The summed E-state index contributed by atoms with van der Waals surface area (Å²) in [4.78, 5) is 15.6. The Kier molecular flexibility index (Phi) is 8.00. The summed E-state index contributed by atoms with van der Waals surface area (Å²) in [6.07, 6.45) is 0. The van der Waals surface area contributed by atoms with Crippen molar-refractivity contribution in [1.29, 1.82) is 0 Å². The van der Waals surface area contributed by atoms with Crippen LogP contribution in [0.1, 0.15) is 0 Å². The highest BCUT2D eigenvalue weighted by Crippen LogP contribution is 2.40. The SMILES string of the molecule is c1ccc(-c2nc(-c3cccc(-c4ccc5sc6ccccc6c5c4)c3)nc(-c3ccc(-c4ccc5ccccc5c4)c(-n4c5ccccc5c5ccccc54)c3)n2)cc1. The summed E-state index contributed by atoms with van der Waals surface area (Å²) >= 11 is 1.84. The predicted molar refractivity (Wildman–Crippen MR) is 252 cm³/mol. The van der Waals surface area contributed by atoms with Gasteiger partial charge >= 0.3 is 0 Å². The summed E-state index contributed by atoms with van der Waals surface area (Å²) in [6, 6.07) is 73.5. The molecule has 3 heterocycles. The van der Waals surface area contributed by atoms with Crippen LogP contribution in [0.2, 0.25) is 0 Å². The maximum absolute atomic E-state index is 5.28. The predicted octanol–water partition coefficient (Wildman–Crippen LogP) is 14.8. The van der Waals surface area contributed by atoms with E-state index in [1.54, 1.807) is 0 Å². The molecule has 0 fully saturated rings. The first-order valence-electron chi connectivity index (χ1n) is 20.2. The van der Waals surface area contributed by atoms with Crippen LogP contribution in [0.5, 0.6) is 0 Å². The number of thiophene rings is 1. The molecule has 9 aromatic carbocycles. The van der Waals surface area contributed by atoms with Crippen molar-refractivity contribution in [1.82, 2.24) is 19.5 Å². The van der Waals surface area contributed by atoms with Crippen molar-refractivity contribution in [2.45, 2.75) is 0 Å². The van der Waals surface area contributed by atoms with Gasteiger partial charge in [-0.1, -0.05) is 158 Å². The second kappa shape index (κ2) is 14.0. The van der Waals surface area contributed by atoms with Gasteiger partial charge in [0.2, 0.25) is 0 Å². The van der Waals surface area contributed by atoms with Gasteiger partial charge in [-0.05, 0) is 76.0 Å². The zero-order chi connectivity index (χ0) is 39.6. The highest BCUT2D eigenvalue weighted by Gasteiger charge is 2.19. The van der Waals surface area contributed by atoms with Crippen molar-refractivity contribution < 1.29 is 0 Å². The molecule has 12 aromatic rings. The van der Waals surface area contributed by atoms with Crippen LogP contribution in [0, 0.1) is 0 Å². The molecule has 0 N–H and O–H groups in total. The molecule has 0 unspecified atom stereocenters. The van der Waals surface area contributed by atoms with E-state index in [1.165, 1.54) is 41.7 Å². The Morgan fingerprint density at radius 2 is 0.867 bits per heavy atom. The second-order valence-electron chi connectivity index (χ2n) is 15.2. The van der Waals surface area contributed by atoms with E-state index in [2.05, 4.69) is 193 Å². The van der Waals surface area contributed by atoms with Crippen molar-refractivity contribution >= 4 is 64.1 Å². The molecule has 0 aliphatic heterocycles. The Morgan fingerprint density at radius 1 is 0.317 bits per heavy atom. The number of hydrogen-bond acceptors (Lipinski definition) is 4. The molecule has 280 valence electrons. The van der Waals surface area contributed by atoms with Crippen molar-refractivity contribution in [3.05, 3.63) is 206 Å². The quantitative estimate of drug-likeness (QED) is 0.169. The van der Waals surface area contributed by atoms with Crippen LogP contribution in [0.4, 0.5) is 0 Å². The van der Waals surface area contributed by atoms with Crippen LogP contribution in [-0.2, 0) is 0 Å². The van der Waals surface area contributed by atoms with E-state index in [0.717, 1.165) is 55.7 Å². The molecule has 0 aliphatic carbocycles. The third kappa shape index (κ3) is 5.78. The van der Waals surface area contributed by atoms with Crippen LogP contribution in [0.3, 0.4) is 0 Å². The van der Waals surface area contributed by atoms with Crippen molar-refractivity contribution in [2.75, 3.05) is 0 Å². The topological polar surface area (TPSA) is 43.6 Å². The summed E-state index contributed by atoms with van der Waals surface area (Å²) in [7, 11) is 0. The van der Waals surface area contributed by atoms with E-state index in [4.69, 9.17) is 15.0 Å². The average Bonchev–Trinajstić information content (AvgIpc) is 3.87. The van der Waals surface area contributed by atoms with Gasteiger partial charge in [-0.15, -0.1) is 11.3 Å². The Hall–Kier alpha value is -7.73. The van der Waals surface area contributed by atoms with Gasteiger partial charge < -0.3 is 4.57 Å². The van der Waals surface area contributed by atoms with Gasteiger partial charge in [0.05, 0.1) is 16.7 Å². The minimum atomic E-state index is 0.613. The summed E-state index contributed by atoms with van der Waals surface area (Å²) in [5.41, 5.74) is 10.6. The maximum Gasteiger partial charge on any atom is 0.164 e. The lowest BCUT2D eigenvalue weighted by atomic mass is 9.98. The largest absolute Gasteiger partial charge is 0.309 e. The Morgan fingerprint density at radius 3 is 1.65 bits per heavy atom. The van der Waals surface area contributed by atoms with Gasteiger partial charge in [-0.2, -0.15) is 0 Å². The second-order valence-corrected chi connectivity index (χ2v) is 16.3. The molecule has 0 bridgehead atoms. The van der Waals surface area contributed by atoms with Crippen LogP contribution >= 0.6 is 11.3 Å². The molecule has 0 spiro atoms. The van der Waals surface area contributed by atoms with E-state index in [0.29, 0.717) is 17.5 Å². The fourth-order valence-corrected chi connectivity index (χ4v) is 9.82. The number of nitrogens with zero attached hydrogens (tertiary/aromatic N) is 4. The first kappa shape index (κ1) is 34.3. The number of hydrogen-bond donors (Lipinski definition) is 0. The van der Waals surface area contributed by atoms with E-state index >= 15 is 0 Å². The molecule has 12 rings (SSSR count). The molecule has 0 radical (unpaired) electrons. The van der Waals surface area contributed by atoms with Gasteiger partial charge in [0, 0.05) is 53.2 Å². The van der Waals surface area contributed by atoms with E-state index in [1.807, 2.05) is 29.5 Å².